The fourth-order valence-corrected chi connectivity index (χ4v) is 3.09. The number of guanidine groups is 1. The molecule has 2 rings (SSSR count). The van der Waals surface area contributed by atoms with E-state index in [1.54, 1.807) is 0 Å². The average molecular weight is 463 g/mol. The summed E-state index contributed by atoms with van der Waals surface area (Å²) in [6.07, 6.45) is 9.32. The van der Waals surface area contributed by atoms with Gasteiger partial charge in [-0.25, -0.2) is 4.98 Å². The van der Waals surface area contributed by atoms with E-state index in [4.69, 9.17) is 9.73 Å². The molecule has 0 bridgehead atoms. The van der Waals surface area contributed by atoms with Gasteiger partial charge in [0.05, 0.1) is 25.5 Å². The van der Waals surface area contributed by atoms with Crippen molar-refractivity contribution in [3.8, 4) is 0 Å². The summed E-state index contributed by atoms with van der Waals surface area (Å²) in [5.41, 5.74) is 0. The van der Waals surface area contributed by atoms with E-state index in [0.29, 0.717) is 25.1 Å². The molecule has 0 spiro atoms. The lowest BCUT2D eigenvalue weighted by Crippen LogP contribution is -2.49. The summed E-state index contributed by atoms with van der Waals surface area (Å²) in [4.78, 5) is 11.3. The highest BCUT2D eigenvalue weighted by atomic mass is 127. The number of nitrogens with zero attached hydrogens (tertiary/aromatic N) is 4. The van der Waals surface area contributed by atoms with Gasteiger partial charge in [0.1, 0.15) is 0 Å². The van der Waals surface area contributed by atoms with Crippen LogP contribution in [0, 0.1) is 5.92 Å². The van der Waals surface area contributed by atoms with Crippen LogP contribution in [0.3, 0.4) is 0 Å². The molecule has 1 aliphatic heterocycles. The number of hydrogen-bond donors (Lipinski definition) is 1. The van der Waals surface area contributed by atoms with E-state index in [-0.39, 0.29) is 24.0 Å². The van der Waals surface area contributed by atoms with Crippen LogP contribution < -0.4 is 5.32 Å². The maximum absolute atomic E-state index is 5.62. The lowest BCUT2D eigenvalue weighted by Gasteiger charge is -2.39. The van der Waals surface area contributed by atoms with Crippen molar-refractivity contribution in [2.75, 3.05) is 39.4 Å². The smallest absolute Gasteiger partial charge is 0.194 e. The molecule has 1 aromatic rings. The van der Waals surface area contributed by atoms with Crippen LogP contribution in [0.2, 0.25) is 0 Å². The molecule has 0 amide bonds. The topological polar surface area (TPSA) is 54.7 Å². The number of unbranched alkanes of at least 4 members (excludes halogenated alkanes) is 1. The van der Waals surface area contributed by atoms with Crippen molar-refractivity contribution < 1.29 is 4.74 Å². The Bertz CT molecular complexity index is 480. The zero-order valence-electron chi connectivity index (χ0n) is 15.9. The molecule has 0 radical (unpaired) electrons. The highest BCUT2D eigenvalue weighted by Gasteiger charge is 2.28. The second-order valence-electron chi connectivity index (χ2n) is 6.49. The third kappa shape index (κ3) is 7.13. The van der Waals surface area contributed by atoms with Crippen LogP contribution in [0.15, 0.2) is 23.7 Å². The summed E-state index contributed by atoms with van der Waals surface area (Å²) in [6.45, 7) is 11.8. The summed E-state index contributed by atoms with van der Waals surface area (Å²) >= 11 is 0. The van der Waals surface area contributed by atoms with Crippen molar-refractivity contribution in [3.63, 3.8) is 0 Å². The minimum absolute atomic E-state index is 0. The second kappa shape index (κ2) is 12.5. The van der Waals surface area contributed by atoms with Gasteiger partial charge in [0.25, 0.3) is 0 Å². The van der Waals surface area contributed by atoms with Gasteiger partial charge in [0.15, 0.2) is 5.96 Å². The number of piperidine rings is 1. The summed E-state index contributed by atoms with van der Waals surface area (Å²) in [5, 5.41) is 3.43. The number of rotatable bonds is 8. The van der Waals surface area contributed by atoms with Crippen LogP contribution in [-0.2, 0) is 4.74 Å². The molecule has 2 atom stereocenters. The molecule has 25 heavy (non-hydrogen) atoms. The van der Waals surface area contributed by atoms with Crippen molar-refractivity contribution in [3.05, 3.63) is 18.7 Å². The fraction of sp³-hybridized carbons (Fsp3) is 0.778. The first-order valence-electron chi connectivity index (χ1n) is 9.34. The molecular weight excluding hydrogens is 429 g/mol. The van der Waals surface area contributed by atoms with Gasteiger partial charge < -0.3 is 19.5 Å². The number of aromatic nitrogens is 2. The maximum atomic E-state index is 5.62. The molecule has 0 aliphatic carbocycles. The molecule has 7 heteroatoms. The normalized spacial score (nSPS) is 21.1. The standard InChI is InChI=1S/C18H33N5O.HI/c1-4-6-12-24-13-9-21-18(20-5-2)22-10-7-16(3)17(14-22)23-11-8-19-15-23;/h8,11,15-17H,4-7,9-10,12-14H2,1-3H3,(H,20,21);1H. The van der Waals surface area contributed by atoms with Gasteiger partial charge in [-0.15, -0.1) is 24.0 Å². The minimum atomic E-state index is 0. The van der Waals surface area contributed by atoms with E-state index in [2.05, 4.69) is 46.7 Å². The molecule has 144 valence electrons. The van der Waals surface area contributed by atoms with Gasteiger partial charge in [-0.05, 0) is 25.7 Å². The number of hydrogen-bond acceptors (Lipinski definition) is 3. The molecule has 1 N–H and O–H groups in total. The highest BCUT2D eigenvalue weighted by Crippen LogP contribution is 2.27. The molecule has 1 aliphatic rings. The quantitative estimate of drug-likeness (QED) is 0.279. The summed E-state index contributed by atoms with van der Waals surface area (Å²) in [7, 11) is 0. The largest absolute Gasteiger partial charge is 0.380 e. The first-order chi connectivity index (χ1) is 11.8. The highest BCUT2D eigenvalue weighted by molar-refractivity contribution is 14.0. The van der Waals surface area contributed by atoms with E-state index in [9.17, 15) is 0 Å². The average Bonchev–Trinajstić information content (AvgIpc) is 3.12. The molecular formula is C18H34IN5O. The van der Waals surface area contributed by atoms with Gasteiger partial charge in [-0.3, -0.25) is 4.99 Å². The molecule has 0 saturated carbocycles. The molecule has 0 aromatic carbocycles. The number of likely N-dealkylation sites (tertiary alicyclic amines) is 1. The molecule has 6 nitrogen and oxygen atoms in total. The van der Waals surface area contributed by atoms with Crippen LogP contribution in [0.4, 0.5) is 0 Å². The third-order valence-electron chi connectivity index (χ3n) is 4.60. The fourth-order valence-electron chi connectivity index (χ4n) is 3.09. The Morgan fingerprint density at radius 2 is 2.20 bits per heavy atom. The number of ether oxygens (including phenoxy) is 1. The van der Waals surface area contributed by atoms with Crippen LogP contribution in [0.5, 0.6) is 0 Å². The number of imidazole rings is 1. The van der Waals surface area contributed by atoms with Gasteiger partial charge in [0.2, 0.25) is 0 Å². The Morgan fingerprint density at radius 3 is 2.88 bits per heavy atom. The molecule has 2 unspecified atom stereocenters. The summed E-state index contributed by atoms with van der Waals surface area (Å²) in [5.74, 6) is 1.66. The van der Waals surface area contributed by atoms with Crippen LogP contribution in [0.1, 0.15) is 46.1 Å². The second-order valence-corrected chi connectivity index (χ2v) is 6.49. The summed E-state index contributed by atoms with van der Waals surface area (Å²) < 4.78 is 7.85. The number of halogens is 1. The monoisotopic (exact) mass is 463 g/mol. The van der Waals surface area contributed by atoms with E-state index < -0.39 is 0 Å². The predicted molar refractivity (Wildman–Crippen MR) is 114 cm³/mol. The van der Waals surface area contributed by atoms with Gasteiger partial charge in [-0.1, -0.05) is 20.3 Å². The maximum Gasteiger partial charge on any atom is 0.194 e. The summed E-state index contributed by atoms with van der Waals surface area (Å²) in [6, 6.07) is 0.450. The molecule has 2 heterocycles. The van der Waals surface area contributed by atoms with Crippen molar-refractivity contribution in [2.45, 2.75) is 46.1 Å². The van der Waals surface area contributed by atoms with Crippen LogP contribution >= 0.6 is 24.0 Å². The van der Waals surface area contributed by atoms with Crippen LogP contribution in [0.25, 0.3) is 0 Å². The zero-order chi connectivity index (χ0) is 17.2. The van der Waals surface area contributed by atoms with Crippen molar-refractivity contribution in [1.29, 1.82) is 0 Å². The molecule has 1 saturated heterocycles. The predicted octanol–water partition coefficient (Wildman–Crippen LogP) is 3.17. The Kier molecular flexibility index (Phi) is 11.1. The van der Waals surface area contributed by atoms with E-state index in [1.807, 2.05) is 12.5 Å². The molecule has 1 fully saturated rings. The lowest BCUT2D eigenvalue weighted by atomic mass is 9.93. The van der Waals surface area contributed by atoms with E-state index in [0.717, 1.165) is 38.6 Å². The van der Waals surface area contributed by atoms with Gasteiger partial charge in [-0.2, -0.15) is 0 Å². The van der Waals surface area contributed by atoms with Crippen LogP contribution in [-0.4, -0.2) is 59.8 Å². The molecule has 1 aromatic heterocycles. The van der Waals surface area contributed by atoms with Gasteiger partial charge in [0, 0.05) is 38.6 Å². The number of aliphatic imine (C=N–C) groups is 1. The minimum Gasteiger partial charge on any atom is -0.380 e. The van der Waals surface area contributed by atoms with E-state index in [1.165, 1.54) is 12.8 Å². The van der Waals surface area contributed by atoms with E-state index >= 15 is 0 Å². The SMILES string of the molecule is CCCCOCCN=C(NCC)N1CCC(C)C(n2ccnc2)C1.I. The Balaban J connectivity index is 0.00000312. The first kappa shape index (κ1) is 22.2. The van der Waals surface area contributed by atoms with Gasteiger partial charge >= 0.3 is 0 Å². The van der Waals surface area contributed by atoms with Crippen molar-refractivity contribution >= 4 is 29.9 Å². The lowest BCUT2D eigenvalue weighted by molar-refractivity contribution is 0.138. The Labute approximate surface area is 169 Å². The first-order valence-corrected chi connectivity index (χ1v) is 9.34. The third-order valence-corrected chi connectivity index (χ3v) is 4.60. The van der Waals surface area contributed by atoms with Crippen molar-refractivity contribution in [2.24, 2.45) is 10.9 Å². The Morgan fingerprint density at radius 1 is 1.36 bits per heavy atom. The zero-order valence-corrected chi connectivity index (χ0v) is 18.2. The Hall–Kier alpha value is -0.830. The van der Waals surface area contributed by atoms with Crippen molar-refractivity contribution in [1.82, 2.24) is 19.8 Å². The number of nitrogens with one attached hydrogen (secondary N) is 1.